The number of nitrogens with one attached hydrogen (secondary N) is 3. The lowest BCUT2D eigenvalue weighted by atomic mass is 10.1. The number of ether oxygens (including phenoxy) is 2. The SMILES string of the molecule is COC(=O)Nc1ccc(-c2[nH]c(C(N)CC3(C)NC(C(=O)O)=CO3)nc2Cl)cc1. The van der Waals surface area contributed by atoms with Crippen molar-refractivity contribution >= 4 is 29.4 Å². The Morgan fingerprint density at radius 1 is 1.41 bits per heavy atom. The van der Waals surface area contributed by atoms with Gasteiger partial charge < -0.3 is 30.6 Å². The van der Waals surface area contributed by atoms with Crippen LogP contribution in [0.5, 0.6) is 0 Å². The van der Waals surface area contributed by atoms with E-state index in [1.54, 1.807) is 31.2 Å². The van der Waals surface area contributed by atoms with E-state index in [0.29, 0.717) is 17.2 Å². The van der Waals surface area contributed by atoms with Crippen LogP contribution < -0.4 is 16.4 Å². The minimum absolute atomic E-state index is 0.0430. The standard InChI is InChI=1S/C18H20ClN5O5/c1-18(24-12(8-29-18)16(25)26)7-11(20)15-22-13(14(19)23-15)9-3-5-10(6-4-9)21-17(27)28-2/h3-6,8,11,24H,7,20H2,1-2H3,(H,21,27)(H,22,23)(H,25,26). The molecule has 1 aliphatic heterocycles. The fraction of sp³-hybridized carbons (Fsp3) is 0.278. The number of carbonyl (C=O) groups is 2. The third-order valence-electron chi connectivity index (χ3n) is 4.31. The smallest absolute Gasteiger partial charge is 0.411 e. The average Bonchev–Trinajstić information content (AvgIpc) is 3.26. The molecule has 2 unspecified atom stereocenters. The minimum Gasteiger partial charge on any atom is -0.476 e. The van der Waals surface area contributed by atoms with Crippen LogP contribution in [0.15, 0.2) is 36.2 Å². The summed E-state index contributed by atoms with van der Waals surface area (Å²) in [5, 5.41) is 14.6. The van der Waals surface area contributed by atoms with Crippen LogP contribution in [-0.2, 0) is 14.3 Å². The van der Waals surface area contributed by atoms with Gasteiger partial charge in [-0.1, -0.05) is 23.7 Å². The first-order valence-corrected chi connectivity index (χ1v) is 8.94. The molecule has 2 heterocycles. The lowest BCUT2D eigenvalue weighted by Gasteiger charge is -2.27. The maximum Gasteiger partial charge on any atom is 0.411 e. The zero-order valence-corrected chi connectivity index (χ0v) is 16.4. The van der Waals surface area contributed by atoms with Crippen molar-refractivity contribution < 1.29 is 24.2 Å². The normalized spacial score (nSPS) is 19.0. The molecule has 1 aromatic heterocycles. The lowest BCUT2D eigenvalue weighted by Crippen LogP contribution is -2.42. The quantitative estimate of drug-likeness (QED) is 0.477. The number of nitrogens with two attached hydrogens (primary N) is 1. The largest absolute Gasteiger partial charge is 0.476 e. The first-order valence-electron chi connectivity index (χ1n) is 8.56. The van der Waals surface area contributed by atoms with Crippen molar-refractivity contribution in [1.82, 2.24) is 15.3 Å². The van der Waals surface area contributed by atoms with E-state index in [-0.39, 0.29) is 17.3 Å². The molecule has 29 heavy (non-hydrogen) atoms. The summed E-state index contributed by atoms with van der Waals surface area (Å²) in [4.78, 5) is 29.7. The topological polar surface area (TPSA) is 152 Å². The molecule has 11 heteroatoms. The summed E-state index contributed by atoms with van der Waals surface area (Å²) in [6.07, 6.45) is 0.827. The number of carboxylic acids is 1. The number of carboxylic acid groups (broad SMARTS) is 1. The van der Waals surface area contributed by atoms with Crippen LogP contribution in [0.1, 0.15) is 25.2 Å². The number of amides is 1. The number of benzene rings is 1. The summed E-state index contributed by atoms with van der Waals surface area (Å²) in [7, 11) is 1.28. The molecule has 2 aromatic rings. The number of anilines is 1. The molecular formula is C18H20ClN5O5. The highest BCUT2D eigenvalue weighted by atomic mass is 35.5. The molecule has 0 fully saturated rings. The van der Waals surface area contributed by atoms with Crippen LogP contribution in [0.25, 0.3) is 11.3 Å². The fourth-order valence-electron chi connectivity index (χ4n) is 2.88. The minimum atomic E-state index is -1.12. The van der Waals surface area contributed by atoms with E-state index in [9.17, 15) is 9.59 Å². The number of hydrogen-bond acceptors (Lipinski definition) is 7. The number of aliphatic carboxylic acids is 1. The Morgan fingerprint density at radius 3 is 2.69 bits per heavy atom. The van der Waals surface area contributed by atoms with Gasteiger partial charge in [0.2, 0.25) is 0 Å². The maximum absolute atomic E-state index is 11.3. The predicted molar refractivity (Wildman–Crippen MR) is 105 cm³/mol. The first-order chi connectivity index (χ1) is 13.7. The number of H-pyrrole nitrogens is 1. The number of hydrogen-bond donors (Lipinski definition) is 5. The molecule has 1 amide bonds. The Labute approximate surface area is 171 Å². The third-order valence-corrected chi connectivity index (χ3v) is 4.58. The second-order valence-electron chi connectivity index (χ2n) is 6.60. The van der Waals surface area contributed by atoms with Crippen LogP contribution in [0, 0.1) is 0 Å². The Morgan fingerprint density at radius 2 is 2.10 bits per heavy atom. The highest BCUT2D eigenvalue weighted by Crippen LogP contribution is 2.31. The van der Waals surface area contributed by atoms with Gasteiger partial charge in [-0.05, 0) is 19.1 Å². The molecule has 0 saturated heterocycles. The van der Waals surface area contributed by atoms with E-state index in [0.717, 1.165) is 11.8 Å². The Hall–Kier alpha value is -3.24. The first kappa shape index (κ1) is 20.5. The second-order valence-corrected chi connectivity index (χ2v) is 6.96. The zero-order valence-electron chi connectivity index (χ0n) is 15.7. The summed E-state index contributed by atoms with van der Waals surface area (Å²) in [5.74, 6) is -0.687. The number of aromatic amines is 1. The van der Waals surface area contributed by atoms with Crippen molar-refractivity contribution in [1.29, 1.82) is 0 Å². The Bertz CT molecular complexity index is 958. The fourth-order valence-corrected chi connectivity index (χ4v) is 3.12. The lowest BCUT2D eigenvalue weighted by molar-refractivity contribution is -0.133. The molecule has 0 aliphatic carbocycles. The van der Waals surface area contributed by atoms with Gasteiger partial charge in [-0.2, -0.15) is 0 Å². The van der Waals surface area contributed by atoms with Gasteiger partial charge in [-0.25, -0.2) is 14.6 Å². The van der Waals surface area contributed by atoms with Gasteiger partial charge in [-0.3, -0.25) is 5.32 Å². The summed E-state index contributed by atoms with van der Waals surface area (Å²) in [5.41, 5.74) is 7.08. The van der Waals surface area contributed by atoms with Crippen molar-refractivity contribution in [2.75, 3.05) is 12.4 Å². The van der Waals surface area contributed by atoms with E-state index in [2.05, 4.69) is 25.3 Å². The highest BCUT2D eigenvalue weighted by Gasteiger charge is 2.36. The van der Waals surface area contributed by atoms with Gasteiger partial charge in [-0.15, -0.1) is 0 Å². The van der Waals surface area contributed by atoms with Crippen LogP contribution >= 0.6 is 11.6 Å². The zero-order chi connectivity index (χ0) is 21.2. The molecule has 0 radical (unpaired) electrons. The van der Waals surface area contributed by atoms with E-state index < -0.39 is 23.8 Å². The summed E-state index contributed by atoms with van der Waals surface area (Å²) >= 11 is 6.26. The van der Waals surface area contributed by atoms with Gasteiger partial charge in [0.15, 0.2) is 16.6 Å². The van der Waals surface area contributed by atoms with Crippen LogP contribution in [-0.4, -0.2) is 40.0 Å². The number of aromatic nitrogens is 2. The van der Waals surface area contributed by atoms with Crippen molar-refractivity contribution in [3.05, 3.63) is 47.2 Å². The van der Waals surface area contributed by atoms with Gasteiger partial charge in [0, 0.05) is 17.7 Å². The van der Waals surface area contributed by atoms with Crippen molar-refractivity contribution in [2.45, 2.75) is 25.1 Å². The van der Waals surface area contributed by atoms with Crippen LogP contribution in [0.2, 0.25) is 5.15 Å². The van der Waals surface area contributed by atoms with Crippen LogP contribution in [0.3, 0.4) is 0 Å². The Balaban J connectivity index is 1.71. The molecule has 0 saturated carbocycles. The summed E-state index contributed by atoms with van der Waals surface area (Å²) in [6, 6.07) is 6.30. The molecule has 2 atom stereocenters. The van der Waals surface area contributed by atoms with Crippen molar-refractivity contribution in [2.24, 2.45) is 5.73 Å². The molecule has 1 aliphatic rings. The number of nitrogens with zero attached hydrogens (tertiary/aromatic N) is 1. The summed E-state index contributed by atoms with van der Waals surface area (Å²) in [6.45, 7) is 1.69. The van der Waals surface area contributed by atoms with E-state index in [4.69, 9.17) is 27.2 Å². The molecule has 1 aromatic carbocycles. The molecule has 6 N–H and O–H groups in total. The number of rotatable bonds is 6. The average molecular weight is 422 g/mol. The number of imidazole rings is 1. The highest BCUT2D eigenvalue weighted by molar-refractivity contribution is 6.31. The van der Waals surface area contributed by atoms with Crippen LogP contribution in [0.4, 0.5) is 10.5 Å². The Kier molecular flexibility index (Phi) is 5.66. The molecule has 154 valence electrons. The second kappa shape index (κ2) is 8.02. The molecule has 10 nitrogen and oxygen atoms in total. The maximum atomic E-state index is 11.3. The number of carbonyl (C=O) groups excluding carboxylic acids is 1. The van der Waals surface area contributed by atoms with E-state index in [1.807, 2.05) is 0 Å². The number of methoxy groups -OCH3 is 1. The molecular weight excluding hydrogens is 402 g/mol. The monoisotopic (exact) mass is 421 g/mol. The number of halogens is 1. The van der Waals surface area contributed by atoms with Gasteiger partial charge in [0.05, 0.1) is 18.8 Å². The van der Waals surface area contributed by atoms with Gasteiger partial charge in [0.25, 0.3) is 0 Å². The van der Waals surface area contributed by atoms with E-state index >= 15 is 0 Å². The molecule has 0 spiro atoms. The van der Waals surface area contributed by atoms with Crippen molar-refractivity contribution in [3.8, 4) is 11.3 Å². The molecule has 3 rings (SSSR count). The van der Waals surface area contributed by atoms with E-state index in [1.165, 1.54) is 7.11 Å². The molecule has 0 bridgehead atoms. The predicted octanol–water partition coefficient (Wildman–Crippen LogP) is 2.56. The third kappa shape index (κ3) is 4.61. The van der Waals surface area contributed by atoms with Gasteiger partial charge in [0.1, 0.15) is 12.1 Å². The van der Waals surface area contributed by atoms with Crippen molar-refractivity contribution in [3.63, 3.8) is 0 Å². The van der Waals surface area contributed by atoms with Gasteiger partial charge >= 0.3 is 12.1 Å². The summed E-state index contributed by atoms with van der Waals surface area (Å²) < 4.78 is 9.98.